The van der Waals surface area contributed by atoms with E-state index in [1.54, 1.807) is 19.1 Å². The van der Waals surface area contributed by atoms with Gasteiger partial charge < -0.3 is 15.0 Å². The van der Waals surface area contributed by atoms with Crippen LogP contribution in [0.3, 0.4) is 0 Å². The van der Waals surface area contributed by atoms with E-state index in [0.29, 0.717) is 22.4 Å². The van der Waals surface area contributed by atoms with Gasteiger partial charge in [-0.1, -0.05) is 12.1 Å². The molecule has 0 unspecified atom stereocenters. The van der Waals surface area contributed by atoms with Crippen LogP contribution in [0, 0.1) is 11.6 Å². The number of halogens is 2. The molecule has 0 fully saturated rings. The van der Waals surface area contributed by atoms with Crippen molar-refractivity contribution in [1.29, 1.82) is 0 Å². The van der Waals surface area contributed by atoms with Crippen LogP contribution in [-0.2, 0) is 35.6 Å². The minimum absolute atomic E-state index is 0.0925. The van der Waals surface area contributed by atoms with Gasteiger partial charge in [-0.05, 0) is 55.3 Å². The molecule has 3 aromatic rings. The smallest absolute Gasteiger partial charge is 0.410 e. The Morgan fingerprint density at radius 3 is 2.37 bits per heavy atom. The van der Waals surface area contributed by atoms with Crippen LogP contribution >= 0.6 is 0 Å². The topological polar surface area (TPSA) is 93.5 Å². The number of nitrogens with one attached hydrogen (secondary N) is 1. The summed E-state index contributed by atoms with van der Waals surface area (Å²) in [4.78, 5) is 44.4. The quantitative estimate of drug-likeness (QED) is 0.583. The maximum atomic E-state index is 13.5. The second-order valence-electron chi connectivity index (χ2n) is 8.03. The maximum absolute atomic E-state index is 13.5. The summed E-state index contributed by atoms with van der Waals surface area (Å²) in [7, 11) is 0. The van der Waals surface area contributed by atoms with Crippen molar-refractivity contribution >= 4 is 12.0 Å². The van der Waals surface area contributed by atoms with E-state index in [0.717, 1.165) is 0 Å². The Kier molecular flexibility index (Phi) is 7.19. The minimum Gasteiger partial charge on any atom is -0.450 e. The normalized spacial score (nSPS) is 12.7. The fourth-order valence-corrected chi connectivity index (χ4v) is 3.87. The summed E-state index contributed by atoms with van der Waals surface area (Å²) in [6, 6.07) is 11.1. The average molecular weight is 482 g/mol. The Hall–Kier alpha value is -4.08. The fraction of sp³-hybridized carbons (Fsp3) is 0.280. The lowest BCUT2D eigenvalue weighted by Crippen LogP contribution is -2.42. The van der Waals surface area contributed by atoms with E-state index in [2.05, 4.69) is 10.3 Å². The molecule has 0 bridgehead atoms. The highest BCUT2D eigenvalue weighted by atomic mass is 19.1. The number of hydrogen-bond acceptors (Lipinski definition) is 5. The Balaban J connectivity index is 1.64. The molecule has 0 saturated heterocycles. The summed E-state index contributed by atoms with van der Waals surface area (Å²) in [6.07, 6.45) is -0.228. The summed E-state index contributed by atoms with van der Waals surface area (Å²) in [5.74, 6) is -1.08. The third-order valence-corrected chi connectivity index (χ3v) is 5.65. The molecule has 10 heteroatoms. The third-order valence-electron chi connectivity index (χ3n) is 5.65. The van der Waals surface area contributed by atoms with Crippen molar-refractivity contribution in [3.05, 3.63) is 87.3 Å². The molecule has 182 valence electrons. The van der Waals surface area contributed by atoms with Gasteiger partial charge in [-0.2, -0.15) is 0 Å². The second-order valence-corrected chi connectivity index (χ2v) is 8.03. The lowest BCUT2D eigenvalue weighted by Gasteiger charge is -2.28. The van der Waals surface area contributed by atoms with Gasteiger partial charge in [0.05, 0.1) is 18.8 Å². The number of carbonyl (C=O) groups is 2. The largest absolute Gasteiger partial charge is 0.450 e. The number of carbonyl (C=O) groups excluding carboxylic acids is 2. The second kappa shape index (κ2) is 10.5. The molecule has 0 saturated carbocycles. The van der Waals surface area contributed by atoms with E-state index >= 15 is 0 Å². The lowest BCUT2D eigenvalue weighted by atomic mass is 10.1. The molecular weight excluding hydrogens is 458 g/mol. The van der Waals surface area contributed by atoms with Gasteiger partial charge in [0.25, 0.3) is 5.56 Å². The number of ether oxygens (including phenoxy) is 1. The number of rotatable bonds is 6. The summed E-state index contributed by atoms with van der Waals surface area (Å²) < 4.78 is 33.0. The zero-order valence-corrected chi connectivity index (χ0v) is 19.1. The van der Waals surface area contributed by atoms with Crippen molar-refractivity contribution < 1.29 is 23.1 Å². The monoisotopic (exact) mass is 482 g/mol. The first-order chi connectivity index (χ1) is 16.9. The van der Waals surface area contributed by atoms with Crippen LogP contribution in [0.5, 0.6) is 0 Å². The van der Waals surface area contributed by atoms with Crippen molar-refractivity contribution in [2.75, 3.05) is 13.2 Å². The predicted molar refractivity (Wildman–Crippen MR) is 123 cm³/mol. The predicted octanol–water partition coefficient (Wildman–Crippen LogP) is 3.02. The molecule has 2 amide bonds. The number of benzene rings is 2. The number of amides is 2. The molecule has 1 aliphatic rings. The molecule has 2 aromatic carbocycles. The van der Waals surface area contributed by atoms with E-state index in [-0.39, 0.29) is 50.8 Å². The van der Waals surface area contributed by atoms with E-state index in [9.17, 15) is 23.2 Å². The Morgan fingerprint density at radius 1 is 1.06 bits per heavy atom. The lowest BCUT2D eigenvalue weighted by molar-refractivity contribution is -0.121. The van der Waals surface area contributed by atoms with E-state index < -0.39 is 23.4 Å². The van der Waals surface area contributed by atoms with Crippen LogP contribution in [0.1, 0.15) is 23.7 Å². The van der Waals surface area contributed by atoms with Gasteiger partial charge in [-0.3, -0.25) is 14.2 Å². The van der Waals surface area contributed by atoms with Gasteiger partial charge in [-0.15, -0.1) is 0 Å². The molecule has 4 rings (SSSR count). The molecule has 0 atom stereocenters. The first kappa shape index (κ1) is 24.1. The highest BCUT2D eigenvalue weighted by molar-refractivity contribution is 5.76. The van der Waals surface area contributed by atoms with Crippen LogP contribution in [0.4, 0.5) is 13.6 Å². The summed E-state index contributed by atoms with van der Waals surface area (Å²) >= 11 is 0. The molecule has 1 aliphatic heterocycles. The first-order valence-electron chi connectivity index (χ1n) is 11.2. The number of fused-ring (bicyclic) bond motifs is 1. The average Bonchev–Trinajstić information content (AvgIpc) is 2.85. The van der Waals surface area contributed by atoms with E-state index in [4.69, 9.17) is 4.74 Å². The van der Waals surface area contributed by atoms with Crippen molar-refractivity contribution in [3.63, 3.8) is 0 Å². The Morgan fingerprint density at radius 2 is 1.71 bits per heavy atom. The van der Waals surface area contributed by atoms with Gasteiger partial charge in [0.15, 0.2) is 0 Å². The Bertz CT molecular complexity index is 1290. The first-order valence-corrected chi connectivity index (χ1v) is 11.2. The molecule has 2 heterocycles. The standard InChI is InChI=1S/C25H24F2N4O4/c1-2-35-25(34)30-12-11-20-21(14-30)29-23(17-5-9-19(27)10-6-17)31(24(20)33)15-22(32)28-13-16-3-7-18(26)8-4-16/h3-10H,2,11-15H2,1H3,(H,28,32). The van der Waals surface area contributed by atoms with Gasteiger partial charge in [0.1, 0.15) is 24.0 Å². The fourth-order valence-electron chi connectivity index (χ4n) is 3.87. The van der Waals surface area contributed by atoms with Gasteiger partial charge in [0, 0.05) is 24.2 Å². The zero-order valence-electron chi connectivity index (χ0n) is 19.1. The number of hydrogen-bond donors (Lipinski definition) is 1. The van der Waals surface area contributed by atoms with Gasteiger partial charge in [0.2, 0.25) is 5.91 Å². The van der Waals surface area contributed by atoms with Crippen molar-refractivity contribution in [3.8, 4) is 11.4 Å². The third kappa shape index (κ3) is 5.53. The van der Waals surface area contributed by atoms with Crippen LogP contribution in [-0.4, -0.2) is 39.6 Å². The molecule has 0 aliphatic carbocycles. The van der Waals surface area contributed by atoms with Crippen molar-refractivity contribution in [1.82, 2.24) is 19.8 Å². The maximum Gasteiger partial charge on any atom is 0.410 e. The SMILES string of the molecule is CCOC(=O)N1CCc2c(nc(-c3ccc(F)cc3)n(CC(=O)NCc3ccc(F)cc3)c2=O)C1. The number of aromatic nitrogens is 2. The van der Waals surface area contributed by atoms with Crippen LogP contribution in [0.2, 0.25) is 0 Å². The van der Waals surface area contributed by atoms with Gasteiger partial charge in [-0.25, -0.2) is 18.6 Å². The Labute approximate surface area is 200 Å². The summed E-state index contributed by atoms with van der Waals surface area (Å²) in [6.45, 7) is 2.16. The molecule has 1 N–H and O–H groups in total. The van der Waals surface area contributed by atoms with Crippen LogP contribution < -0.4 is 10.9 Å². The summed E-state index contributed by atoms with van der Waals surface area (Å²) in [5.41, 5.74) is 1.59. The van der Waals surface area contributed by atoms with Gasteiger partial charge >= 0.3 is 6.09 Å². The molecular formula is C25H24F2N4O4. The van der Waals surface area contributed by atoms with Crippen molar-refractivity contribution in [2.24, 2.45) is 0 Å². The zero-order chi connectivity index (χ0) is 24.9. The van der Waals surface area contributed by atoms with Crippen LogP contribution in [0.25, 0.3) is 11.4 Å². The molecule has 35 heavy (non-hydrogen) atoms. The highest BCUT2D eigenvalue weighted by Crippen LogP contribution is 2.22. The van der Waals surface area contributed by atoms with E-state index in [1.165, 1.54) is 45.9 Å². The highest BCUT2D eigenvalue weighted by Gasteiger charge is 2.27. The minimum atomic E-state index is -0.493. The molecule has 8 nitrogen and oxygen atoms in total. The molecule has 0 spiro atoms. The molecule has 0 radical (unpaired) electrons. The number of nitrogens with zero attached hydrogens (tertiary/aromatic N) is 3. The van der Waals surface area contributed by atoms with Crippen LogP contribution in [0.15, 0.2) is 53.3 Å². The molecule has 1 aromatic heterocycles. The summed E-state index contributed by atoms with van der Waals surface area (Å²) in [5, 5.41) is 2.72. The van der Waals surface area contributed by atoms with E-state index in [1.807, 2.05) is 0 Å². The van der Waals surface area contributed by atoms with Crippen molar-refractivity contribution in [2.45, 2.75) is 33.0 Å².